The Bertz CT molecular complexity index is 1300. The van der Waals surface area contributed by atoms with Gasteiger partial charge in [-0.25, -0.2) is 4.98 Å². The number of ether oxygens (including phenoxy) is 1. The molecular weight excluding hydrogens is 472 g/mol. The number of nitrogens with two attached hydrogens (primary N) is 1. The number of aryl methyl sites for hydroxylation is 1. The average molecular weight is 505 g/mol. The van der Waals surface area contributed by atoms with Crippen LogP contribution < -0.4 is 15.8 Å². The number of rotatable bonds is 12. The highest BCUT2D eigenvalue weighted by atomic mass is 32.1. The lowest BCUT2D eigenvalue weighted by Crippen LogP contribution is -2.30. The van der Waals surface area contributed by atoms with Crippen LogP contribution >= 0.6 is 11.3 Å². The zero-order valence-electron chi connectivity index (χ0n) is 20.9. The number of nitrogens with zero attached hydrogens (tertiary/aromatic N) is 4. The molecule has 1 amide bonds. The average Bonchev–Trinajstić information content (AvgIpc) is 3.30. The van der Waals surface area contributed by atoms with Crippen LogP contribution in [-0.4, -0.2) is 59.4 Å². The molecule has 1 aromatic carbocycles. The Morgan fingerprint density at radius 3 is 2.75 bits per heavy atom. The third-order valence-electron chi connectivity index (χ3n) is 5.18. The van der Waals surface area contributed by atoms with Crippen molar-refractivity contribution in [2.24, 2.45) is 5.73 Å². The second-order valence-electron chi connectivity index (χ2n) is 8.32. The van der Waals surface area contributed by atoms with E-state index in [1.165, 1.54) is 17.4 Å². The normalized spacial score (nSPS) is 11.4. The number of allylic oxidation sites excluding steroid dienone is 2. The van der Waals surface area contributed by atoms with Crippen molar-refractivity contribution in [3.8, 4) is 11.6 Å². The van der Waals surface area contributed by atoms with Gasteiger partial charge in [-0.2, -0.15) is 4.98 Å². The van der Waals surface area contributed by atoms with Crippen molar-refractivity contribution in [2.75, 3.05) is 39.0 Å². The molecule has 0 aliphatic heterocycles. The van der Waals surface area contributed by atoms with Gasteiger partial charge in [-0.15, -0.1) is 11.3 Å². The lowest BCUT2D eigenvalue weighted by Gasteiger charge is -2.23. The number of anilines is 1. The fourth-order valence-electron chi connectivity index (χ4n) is 3.18. The number of nitrogens with one attached hydrogen (secondary N) is 1. The molecule has 0 aliphatic rings. The summed E-state index contributed by atoms with van der Waals surface area (Å²) in [5.41, 5.74) is 8.38. The summed E-state index contributed by atoms with van der Waals surface area (Å²) in [6.45, 7) is 11.7. The highest BCUT2D eigenvalue weighted by molar-refractivity contribution is 7.17. The standard InChI is InChI=1S/C27H32N6O2S/c1-19(28)11-12-20(2)33(5)16-15-32(4)14-7-10-25(34)31-22-8-6-9-23(18-22)35-27-26-24(13-17-36-26)29-21(3)30-27/h6-13,17-18H,1-2,14-16,28H2,3-5H3,(H,31,34)/b10-7+,12-11-. The van der Waals surface area contributed by atoms with Crippen LogP contribution in [-0.2, 0) is 4.79 Å². The van der Waals surface area contributed by atoms with Gasteiger partial charge in [-0.3, -0.25) is 4.79 Å². The number of thiophene rings is 1. The number of carbonyl (C=O) groups excluding carboxylic acids is 1. The maximum Gasteiger partial charge on any atom is 0.248 e. The number of benzene rings is 1. The third kappa shape index (κ3) is 8.07. The van der Waals surface area contributed by atoms with Crippen LogP contribution in [0.2, 0.25) is 0 Å². The first-order valence-corrected chi connectivity index (χ1v) is 12.3. The lowest BCUT2D eigenvalue weighted by molar-refractivity contribution is -0.111. The molecule has 3 N–H and O–H groups in total. The van der Waals surface area contributed by atoms with Crippen molar-refractivity contribution in [1.82, 2.24) is 19.8 Å². The van der Waals surface area contributed by atoms with Gasteiger partial charge in [0.2, 0.25) is 11.8 Å². The Morgan fingerprint density at radius 2 is 1.97 bits per heavy atom. The number of amides is 1. The minimum Gasteiger partial charge on any atom is -0.437 e. The Balaban J connectivity index is 1.48. The molecule has 0 atom stereocenters. The van der Waals surface area contributed by atoms with Gasteiger partial charge in [0.15, 0.2) is 0 Å². The summed E-state index contributed by atoms with van der Waals surface area (Å²) >= 11 is 1.53. The van der Waals surface area contributed by atoms with E-state index in [1.807, 2.05) is 67.7 Å². The summed E-state index contributed by atoms with van der Waals surface area (Å²) in [7, 11) is 3.96. The summed E-state index contributed by atoms with van der Waals surface area (Å²) in [6, 6.07) is 9.17. The largest absolute Gasteiger partial charge is 0.437 e. The molecule has 0 spiro atoms. The smallest absolute Gasteiger partial charge is 0.248 e. The van der Waals surface area contributed by atoms with Crippen LogP contribution in [0.25, 0.3) is 10.2 Å². The maximum atomic E-state index is 12.4. The number of likely N-dealkylation sites (N-methyl/N-ethyl adjacent to an activating group) is 2. The molecule has 2 aromatic heterocycles. The monoisotopic (exact) mass is 504 g/mol. The number of hydrogen-bond acceptors (Lipinski definition) is 8. The second-order valence-corrected chi connectivity index (χ2v) is 9.23. The molecule has 0 aliphatic carbocycles. The molecular formula is C27H32N6O2S. The first-order chi connectivity index (χ1) is 17.2. The zero-order chi connectivity index (χ0) is 26.1. The van der Waals surface area contributed by atoms with Crippen LogP contribution in [0.4, 0.5) is 5.69 Å². The van der Waals surface area contributed by atoms with Gasteiger partial charge in [0.05, 0.1) is 5.52 Å². The molecule has 3 rings (SSSR count). The van der Waals surface area contributed by atoms with Crippen molar-refractivity contribution >= 4 is 33.1 Å². The fraction of sp³-hybridized carbons (Fsp3) is 0.222. The minimum absolute atomic E-state index is 0.211. The first kappa shape index (κ1) is 26.7. The van der Waals surface area contributed by atoms with Crippen LogP contribution in [0.5, 0.6) is 11.6 Å². The first-order valence-electron chi connectivity index (χ1n) is 11.4. The SMILES string of the molecule is C=C(N)/C=C\C(=C)N(C)CCN(C)C/C=C/C(=O)Nc1cccc(Oc2nc(C)nc3ccsc23)c1. The van der Waals surface area contributed by atoms with E-state index in [-0.39, 0.29) is 5.91 Å². The molecule has 0 fully saturated rings. The van der Waals surface area contributed by atoms with E-state index in [2.05, 4.69) is 33.3 Å². The van der Waals surface area contributed by atoms with Crippen LogP contribution in [0, 0.1) is 6.92 Å². The van der Waals surface area contributed by atoms with Crippen LogP contribution in [0.3, 0.4) is 0 Å². The molecule has 2 heterocycles. The number of carbonyl (C=O) groups is 1. The van der Waals surface area contributed by atoms with E-state index in [0.29, 0.717) is 35.4 Å². The third-order valence-corrected chi connectivity index (χ3v) is 6.08. The molecule has 0 bridgehead atoms. The number of hydrogen-bond donors (Lipinski definition) is 2. The minimum atomic E-state index is -0.211. The highest BCUT2D eigenvalue weighted by Crippen LogP contribution is 2.32. The molecule has 0 radical (unpaired) electrons. The molecule has 3 aromatic rings. The van der Waals surface area contributed by atoms with Gasteiger partial charge in [-0.05, 0) is 49.7 Å². The summed E-state index contributed by atoms with van der Waals surface area (Å²) in [5, 5.41) is 4.83. The summed E-state index contributed by atoms with van der Waals surface area (Å²) < 4.78 is 6.90. The van der Waals surface area contributed by atoms with Crippen molar-refractivity contribution < 1.29 is 9.53 Å². The molecule has 9 heteroatoms. The Labute approximate surface area is 216 Å². The second kappa shape index (κ2) is 12.7. The van der Waals surface area contributed by atoms with E-state index >= 15 is 0 Å². The van der Waals surface area contributed by atoms with E-state index < -0.39 is 0 Å². The van der Waals surface area contributed by atoms with E-state index in [4.69, 9.17) is 10.5 Å². The molecule has 0 saturated heterocycles. The molecule has 36 heavy (non-hydrogen) atoms. The van der Waals surface area contributed by atoms with Crippen molar-refractivity contribution in [3.05, 3.63) is 90.4 Å². The maximum absolute atomic E-state index is 12.4. The van der Waals surface area contributed by atoms with E-state index in [9.17, 15) is 4.79 Å². The Morgan fingerprint density at radius 1 is 1.17 bits per heavy atom. The van der Waals surface area contributed by atoms with Crippen LogP contribution in [0.15, 0.2) is 84.6 Å². The zero-order valence-corrected chi connectivity index (χ0v) is 21.7. The Hall–Kier alpha value is -3.95. The molecule has 8 nitrogen and oxygen atoms in total. The van der Waals surface area contributed by atoms with Gasteiger partial charge in [0, 0.05) is 55.9 Å². The fourth-order valence-corrected chi connectivity index (χ4v) is 3.93. The quantitative estimate of drug-likeness (QED) is 0.273. The van der Waals surface area contributed by atoms with E-state index in [0.717, 1.165) is 29.0 Å². The van der Waals surface area contributed by atoms with Crippen LogP contribution in [0.1, 0.15) is 5.82 Å². The molecule has 0 saturated carbocycles. The summed E-state index contributed by atoms with van der Waals surface area (Å²) in [6.07, 6.45) is 6.93. The topological polar surface area (TPSA) is 96.6 Å². The van der Waals surface area contributed by atoms with Gasteiger partial charge in [0.25, 0.3) is 0 Å². The predicted octanol–water partition coefficient (Wildman–Crippen LogP) is 4.69. The van der Waals surface area contributed by atoms with Crippen molar-refractivity contribution in [3.63, 3.8) is 0 Å². The Kier molecular flexibility index (Phi) is 9.38. The van der Waals surface area contributed by atoms with Gasteiger partial charge in [-0.1, -0.05) is 25.3 Å². The molecule has 188 valence electrons. The predicted molar refractivity (Wildman–Crippen MR) is 148 cm³/mol. The van der Waals surface area contributed by atoms with E-state index in [1.54, 1.807) is 12.1 Å². The van der Waals surface area contributed by atoms with Crippen molar-refractivity contribution in [1.29, 1.82) is 0 Å². The number of fused-ring (bicyclic) bond motifs is 1. The van der Waals surface area contributed by atoms with Gasteiger partial charge in [0.1, 0.15) is 16.3 Å². The lowest BCUT2D eigenvalue weighted by atomic mass is 10.3. The number of aromatic nitrogens is 2. The summed E-state index contributed by atoms with van der Waals surface area (Å²) in [4.78, 5) is 25.4. The van der Waals surface area contributed by atoms with Gasteiger partial charge >= 0.3 is 0 Å². The van der Waals surface area contributed by atoms with Gasteiger partial charge < -0.3 is 25.6 Å². The molecule has 0 unspecified atom stereocenters. The summed E-state index contributed by atoms with van der Waals surface area (Å²) in [5.74, 6) is 1.52. The highest BCUT2D eigenvalue weighted by Gasteiger charge is 2.10. The van der Waals surface area contributed by atoms with Crippen molar-refractivity contribution in [2.45, 2.75) is 6.92 Å².